The van der Waals surface area contributed by atoms with E-state index in [-0.39, 0.29) is 0 Å². The number of aryl methyl sites for hydroxylation is 2. The third kappa shape index (κ3) is 5.40. The Morgan fingerprint density at radius 2 is 0.912 bits per heavy atom. The molecule has 0 saturated heterocycles. The number of nitrogens with zero attached hydrogens (tertiary/aromatic N) is 2. The van der Waals surface area contributed by atoms with Crippen molar-refractivity contribution in [1.29, 1.82) is 0 Å². The van der Waals surface area contributed by atoms with Crippen molar-refractivity contribution in [3.05, 3.63) is 205 Å². The van der Waals surface area contributed by atoms with E-state index in [0.717, 1.165) is 12.1 Å². The summed E-state index contributed by atoms with van der Waals surface area (Å²) in [6.07, 6.45) is 1.02. The van der Waals surface area contributed by atoms with Crippen LogP contribution in [0.3, 0.4) is 0 Å². The molecule has 2 aromatic heterocycles. The Labute approximate surface area is 332 Å². The molecule has 2 heterocycles. The second-order valence-corrected chi connectivity index (χ2v) is 15.3. The zero-order valence-corrected chi connectivity index (χ0v) is 32.1. The average Bonchev–Trinajstić information content (AvgIpc) is 3.78. The Balaban J connectivity index is 1.00. The van der Waals surface area contributed by atoms with Gasteiger partial charge in [-0.05, 0) is 135 Å². The first-order valence-corrected chi connectivity index (χ1v) is 20.0. The zero-order chi connectivity index (χ0) is 38.0. The van der Waals surface area contributed by atoms with Gasteiger partial charge in [-0.1, -0.05) is 134 Å². The molecule has 11 aromatic rings. The fraction of sp³-hybridized carbons (Fsp3) is 0.0545. The van der Waals surface area contributed by atoms with Crippen molar-refractivity contribution >= 4 is 54.4 Å². The molecule has 0 bridgehead atoms. The molecule has 2 heteroatoms. The highest BCUT2D eigenvalue weighted by Crippen LogP contribution is 2.39. The Hall–Kier alpha value is -7.16. The normalized spacial score (nSPS) is 11.8. The number of hydrogen-bond donors (Lipinski definition) is 0. The first-order chi connectivity index (χ1) is 28.1. The molecule has 0 fully saturated rings. The van der Waals surface area contributed by atoms with Gasteiger partial charge >= 0.3 is 0 Å². The van der Waals surface area contributed by atoms with Crippen molar-refractivity contribution < 1.29 is 0 Å². The maximum absolute atomic E-state index is 2.43. The number of rotatable bonds is 6. The maximum Gasteiger partial charge on any atom is 0.0547 e. The van der Waals surface area contributed by atoms with E-state index in [0.29, 0.717) is 0 Å². The number of aromatic nitrogens is 2. The molecule has 0 spiro atoms. The largest absolute Gasteiger partial charge is 0.309 e. The minimum atomic E-state index is 1.02. The Kier molecular flexibility index (Phi) is 7.72. The average molecular weight is 729 g/mol. The second kappa shape index (κ2) is 13.3. The number of fused-ring (bicyclic) bond motifs is 7. The summed E-state index contributed by atoms with van der Waals surface area (Å²) in [5.74, 6) is 0. The van der Waals surface area contributed by atoms with Gasteiger partial charge in [-0.3, -0.25) is 0 Å². The molecule has 11 rings (SSSR count). The van der Waals surface area contributed by atoms with E-state index in [1.165, 1.54) is 105 Å². The van der Waals surface area contributed by atoms with Crippen LogP contribution in [-0.4, -0.2) is 9.13 Å². The molecule has 9 aromatic carbocycles. The molecule has 0 saturated carbocycles. The lowest BCUT2D eigenvalue weighted by atomic mass is 9.91. The lowest BCUT2D eigenvalue weighted by molar-refractivity contribution is 1.14. The van der Waals surface area contributed by atoms with Crippen LogP contribution in [0.2, 0.25) is 0 Å². The van der Waals surface area contributed by atoms with Crippen molar-refractivity contribution in [2.24, 2.45) is 0 Å². The summed E-state index contributed by atoms with van der Waals surface area (Å²) in [5.41, 5.74) is 17.4. The molecule has 0 unspecified atom stereocenters. The standard InChI is InChI=1S/C55H40N2/c1-3-37-13-7-8-16-46(37)50-33-41(22-21-36(50)2)38-23-24-40-32-45(28-25-39(40)31-38)57-53-20-12-10-18-48(53)51-34-42(27-30-54(51)57)43-26-29-49-47-17-9-11-19-52(47)56(55(49)35-43)44-14-5-4-6-15-44/h4-35H,3H2,1-2H3. The first-order valence-electron chi connectivity index (χ1n) is 20.0. The summed E-state index contributed by atoms with van der Waals surface area (Å²) >= 11 is 0. The predicted molar refractivity (Wildman–Crippen MR) is 243 cm³/mol. The van der Waals surface area contributed by atoms with Crippen LogP contribution in [0.4, 0.5) is 0 Å². The van der Waals surface area contributed by atoms with E-state index in [9.17, 15) is 0 Å². The van der Waals surface area contributed by atoms with Crippen molar-refractivity contribution in [3.63, 3.8) is 0 Å². The Morgan fingerprint density at radius 3 is 1.74 bits per heavy atom. The summed E-state index contributed by atoms with van der Waals surface area (Å²) in [6.45, 7) is 4.45. The monoisotopic (exact) mass is 728 g/mol. The van der Waals surface area contributed by atoms with Crippen LogP contribution in [0.1, 0.15) is 18.1 Å². The fourth-order valence-electron chi connectivity index (χ4n) is 9.17. The van der Waals surface area contributed by atoms with Gasteiger partial charge in [-0.15, -0.1) is 0 Å². The molecule has 0 aliphatic carbocycles. The first kappa shape index (κ1) is 33.2. The lowest BCUT2D eigenvalue weighted by Crippen LogP contribution is -1.94. The molecular formula is C55H40N2. The highest BCUT2D eigenvalue weighted by molar-refractivity contribution is 6.12. The van der Waals surface area contributed by atoms with Crippen molar-refractivity contribution in [3.8, 4) is 44.8 Å². The third-order valence-electron chi connectivity index (χ3n) is 12.0. The minimum absolute atomic E-state index is 1.02. The number of para-hydroxylation sites is 3. The summed E-state index contributed by atoms with van der Waals surface area (Å²) in [5, 5.41) is 7.50. The van der Waals surface area contributed by atoms with Gasteiger partial charge in [0, 0.05) is 32.9 Å². The number of benzene rings is 9. The molecule has 2 nitrogen and oxygen atoms in total. The maximum atomic E-state index is 2.43. The molecule has 57 heavy (non-hydrogen) atoms. The van der Waals surface area contributed by atoms with Gasteiger partial charge in [0.1, 0.15) is 0 Å². The third-order valence-corrected chi connectivity index (χ3v) is 12.0. The van der Waals surface area contributed by atoms with Crippen LogP contribution >= 0.6 is 0 Å². The van der Waals surface area contributed by atoms with Crippen LogP contribution in [0, 0.1) is 6.92 Å². The lowest BCUT2D eigenvalue weighted by Gasteiger charge is -2.14. The van der Waals surface area contributed by atoms with Gasteiger partial charge in [0.25, 0.3) is 0 Å². The van der Waals surface area contributed by atoms with Gasteiger partial charge in [-0.2, -0.15) is 0 Å². The fourth-order valence-corrected chi connectivity index (χ4v) is 9.17. The van der Waals surface area contributed by atoms with Crippen LogP contribution in [-0.2, 0) is 6.42 Å². The topological polar surface area (TPSA) is 9.86 Å². The summed E-state index contributed by atoms with van der Waals surface area (Å²) in [6, 6.07) is 71.6. The van der Waals surface area contributed by atoms with E-state index >= 15 is 0 Å². The van der Waals surface area contributed by atoms with Gasteiger partial charge in [0.05, 0.1) is 22.1 Å². The Morgan fingerprint density at radius 1 is 0.351 bits per heavy atom. The van der Waals surface area contributed by atoms with E-state index in [4.69, 9.17) is 0 Å². The highest BCUT2D eigenvalue weighted by Gasteiger charge is 2.17. The number of hydrogen-bond acceptors (Lipinski definition) is 0. The van der Waals surface area contributed by atoms with Gasteiger partial charge < -0.3 is 9.13 Å². The molecule has 270 valence electrons. The van der Waals surface area contributed by atoms with Gasteiger partial charge in [0.2, 0.25) is 0 Å². The van der Waals surface area contributed by atoms with Crippen LogP contribution in [0.25, 0.3) is 99.1 Å². The summed E-state index contributed by atoms with van der Waals surface area (Å²) in [7, 11) is 0. The smallest absolute Gasteiger partial charge is 0.0547 e. The van der Waals surface area contributed by atoms with E-state index in [1.807, 2.05) is 0 Å². The molecule has 0 N–H and O–H groups in total. The highest BCUT2D eigenvalue weighted by atomic mass is 15.0. The van der Waals surface area contributed by atoms with Gasteiger partial charge in [-0.25, -0.2) is 0 Å². The molecule has 0 atom stereocenters. The molecule has 0 amide bonds. The van der Waals surface area contributed by atoms with Crippen molar-refractivity contribution in [2.75, 3.05) is 0 Å². The molecule has 0 aliphatic heterocycles. The zero-order valence-electron chi connectivity index (χ0n) is 32.1. The summed E-state index contributed by atoms with van der Waals surface area (Å²) < 4.78 is 4.82. The molecule has 0 radical (unpaired) electrons. The van der Waals surface area contributed by atoms with Crippen LogP contribution in [0.5, 0.6) is 0 Å². The molecule has 0 aliphatic rings. The van der Waals surface area contributed by atoms with E-state index in [2.05, 4.69) is 217 Å². The molecular weight excluding hydrogens is 689 g/mol. The predicted octanol–water partition coefficient (Wildman–Crippen LogP) is 14.9. The Bertz CT molecular complexity index is 3340. The van der Waals surface area contributed by atoms with Crippen LogP contribution in [0.15, 0.2) is 194 Å². The van der Waals surface area contributed by atoms with E-state index in [1.54, 1.807) is 0 Å². The minimum Gasteiger partial charge on any atom is -0.309 e. The summed E-state index contributed by atoms with van der Waals surface area (Å²) in [4.78, 5) is 0. The SMILES string of the molecule is CCc1ccccc1-c1cc(-c2ccc3cc(-n4c5ccccc5c5cc(-c6ccc7c8ccccc8n(-c8ccccc8)c7c6)ccc54)ccc3c2)ccc1C. The van der Waals surface area contributed by atoms with Crippen molar-refractivity contribution in [1.82, 2.24) is 9.13 Å². The quantitative estimate of drug-likeness (QED) is 0.161. The van der Waals surface area contributed by atoms with Gasteiger partial charge in [0.15, 0.2) is 0 Å². The van der Waals surface area contributed by atoms with E-state index < -0.39 is 0 Å². The second-order valence-electron chi connectivity index (χ2n) is 15.3. The van der Waals surface area contributed by atoms with Crippen LogP contribution < -0.4 is 0 Å². The van der Waals surface area contributed by atoms with Crippen molar-refractivity contribution in [2.45, 2.75) is 20.3 Å².